The Kier molecular flexibility index (Phi) is 6.14. The number of aliphatic hydroxyl groups excluding tert-OH is 1. The van der Waals surface area contributed by atoms with Crippen molar-refractivity contribution in [2.45, 2.75) is 13.0 Å². The van der Waals surface area contributed by atoms with Crippen molar-refractivity contribution in [3.05, 3.63) is 95.3 Å². The summed E-state index contributed by atoms with van der Waals surface area (Å²) in [5.74, 6) is -3.04. The minimum atomic E-state index is -0.971. The molecule has 172 valence electrons. The molecule has 1 fully saturated rings. The van der Waals surface area contributed by atoms with Crippen LogP contribution in [0.3, 0.4) is 0 Å². The number of nitrogens with zero attached hydrogens (tertiary/aromatic N) is 1. The minimum absolute atomic E-state index is 0.0394. The molecule has 1 unspecified atom stereocenters. The molecule has 2 N–H and O–H groups in total. The first-order chi connectivity index (χ1) is 16.3. The Morgan fingerprint density at radius 2 is 1.71 bits per heavy atom. The lowest BCUT2D eigenvalue weighted by Crippen LogP contribution is -2.29. The van der Waals surface area contributed by atoms with Gasteiger partial charge in [-0.1, -0.05) is 30.3 Å². The van der Waals surface area contributed by atoms with Crippen LogP contribution in [0.4, 0.5) is 15.8 Å². The highest BCUT2D eigenvalue weighted by Crippen LogP contribution is 2.43. The van der Waals surface area contributed by atoms with E-state index in [9.17, 15) is 23.9 Å². The van der Waals surface area contributed by atoms with Gasteiger partial charge in [-0.2, -0.15) is 0 Å². The van der Waals surface area contributed by atoms with Crippen LogP contribution >= 0.6 is 0 Å². The fraction of sp³-hybridized carbons (Fsp3) is 0.115. The number of benzene rings is 3. The Morgan fingerprint density at radius 3 is 2.32 bits per heavy atom. The molecular weight excluding hydrogens is 439 g/mol. The molecule has 2 amide bonds. The van der Waals surface area contributed by atoms with Crippen LogP contribution in [-0.4, -0.2) is 29.8 Å². The van der Waals surface area contributed by atoms with Gasteiger partial charge in [-0.05, 0) is 48.0 Å². The number of carbonyl (C=O) groups is 3. The number of ether oxygens (including phenoxy) is 1. The summed E-state index contributed by atoms with van der Waals surface area (Å²) >= 11 is 0. The zero-order valence-corrected chi connectivity index (χ0v) is 18.4. The highest BCUT2D eigenvalue weighted by molar-refractivity contribution is 6.51. The van der Waals surface area contributed by atoms with Gasteiger partial charge >= 0.3 is 0 Å². The number of nitrogens with one attached hydrogen (secondary N) is 1. The molecule has 1 saturated heterocycles. The molecule has 0 aromatic heterocycles. The summed E-state index contributed by atoms with van der Waals surface area (Å²) in [5, 5.41) is 13.8. The Morgan fingerprint density at radius 1 is 1.03 bits per heavy atom. The highest BCUT2D eigenvalue weighted by Gasteiger charge is 2.47. The SMILES string of the molecule is COc1ccc(F)cc1/C(O)=C1\C(=O)C(=O)N(c2ccc(NC(C)=O)cc2)C1c1ccccc1. The molecule has 0 bridgehead atoms. The number of aliphatic hydroxyl groups is 1. The van der Waals surface area contributed by atoms with E-state index >= 15 is 0 Å². The molecule has 3 aromatic carbocycles. The van der Waals surface area contributed by atoms with Gasteiger partial charge in [0.05, 0.1) is 24.3 Å². The lowest BCUT2D eigenvalue weighted by atomic mass is 9.95. The maximum atomic E-state index is 14.0. The number of Topliss-reactive ketones (excluding diaryl/α,β-unsaturated/α-hetero) is 1. The first-order valence-electron chi connectivity index (χ1n) is 10.4. The number of amides is 2. The summed E-state index contributed by atoms with van der Waals surface area (Å²) in [6.07, 6.45) is 0. The second-order valence-electron chi connectivity index (χ2n) is 7.65. The quantitative estimate of drug-likeness (QED) is 0.334. The van der Waals surface area contributed by atoms with Crippen LogP contribution in [0.2, 0.25) is 0 Å². The second-order valence-corrected chi connectivity index (χ2v) is 7.65. The zero-order chi connectivity index (χ0) is 24.4. The van der Waals surface area contributed by atoms with Gasteiger partial charge in [-0.15, -0.1) is 0 Å². The lowest BCUT2D eigenvalue weighted by Gasteiger charge is -2.25. The standard InChI is InChI=1S/C26H21FN2O5/c1-15(30)28-18-9-11-19(12-10-18)29-23(16-6-4-3-5-7-16)22(25(32)26(29)33)24(31)20-14-17(27)8-13-21(20)34-2/h3-14,23,31H,1-2H3,(H,28,30)/b24-22+. The predicted octanol–water partition coefficient (Wildman–Crippen LogP) is 4.42. The first kappa shape index (κ1) is 22.7. The van der Waals surface area contributed by atoms with Gasteiger partial charge in [-0.3, -0.25) is 19.3 Å². The third-order valence-electron chi connectivity index (χ3n) is 5.44. The van der Waals surface area contributed by atoms with E-state index in [0.29, 0.717) is 16.9 Å². The number of hydrogen-bond acceptors (Lipinski definition) is 5. The molecule has 1 atom stereocenters. The van der Waals surface area contributed by atoms with E-state index in [0.717, 1.165) is 6.07 Å². The maximum absolute atomic E-state index is 14.0. The van der Waals surface area contributed by atoms with Gasteiger partial charge in [0.25, 0.3) is 11.7 Å². The number of carbonyl (C=O) groups excluding carboxylic acids is 3. The summed E-state index contributed by atoms with van der Waals surface area (Å²) in [7, 11) is 1.36. The number of hydrogen-bond donors (Lipinski definition) is 2. The summed E-state index contributed by atoms with van der Waals surface area (Å²) in [6, 6.07) is 17.7. The molecule has 0 aliphatic carbocycles. The number of methoxy groups -OCH3 is 1. The van der Waals surface area contributed by atoms with E-state index in [1.807, 2.05) is 0 Å². The Labute approximate surface area is 195 Å². The highest BCUT2D eigenvalue weighted by atomic mass is 19.1. The number of ketones is 1. The Balaban J connectivity index is 1.90. The number of rotatable bonds is 5. The molecule has 1 aliphatic rings. The predicted molar refractivity (Wildman–Crippen MR) is 125 cm³/mol. The Hall–Kier alpha value is -4.46. The van der Waals surface area contributed by atoms with E-state index in [1.165, 1.54) is 31.1 Å². The van der Waals surface area contributed by atoms with Crippen molar-refractivity contribution in [3.63, 3.8) is 0 Å². The van der Waals surface area contributed by atoms with Crippen LogP contribution in [-0.2, 0) is 14.4 Å². The maximum Gasteiger partial charge on any atom is 0.300 e. The van der Waals surface area contributed by atoms with Crippen molar-refractivity contribution in [1.29, 1.82) is 0 Å². The smallest absolute Gasteiger partial charge is 0.300 e. The topological polar surface area (TPSA) is 95.9 Å². The molecule has 1 aliphatic heterocycles. The van der Waals surface area contributed by atoms with Crippen LogP contribution in [0.25, 0.3) is 5.76 Å². The van der Waals surface area contributed by atoms with Crippen molar-refractivity contribution in [1.82, 2.24) is 0 Å². The molecule has 3 aromatic rings. The van der Waals surface area contributed by atoms with Gasteiger partial charge in [0, 0.05) is 18.3 Å². The minimum Gasteiger partial charge on any atom is -0.507 e. The number of halogens is 1. The van der Waals surface area contributed by atoms with Crippen molar-refractivity contribution in [2.75, 3.05) is 17.3 Å². The van der Waals surface area contributed by atoms with Crippen molar-refractivity contribution in [3.8, 4) is 5.75 Å². The van der Waals surface area contributed by atoms with Crippen molar-refractivity contribution >= 4 is 34.7 Å². The molecule has 7 nitrogen and oxygen atoms in total. The van der Waals surface area contributed by atoms with E-state index in [1.54, 1.807) is 54.6 Å². The molecule has 8 heteroatoms. The summed E-state index contributed by atoms with van der Waals surface area (Å²) in [6.45, 7) is 1.38. The largest absolute Gasteiger partial charge is 0.507 e. The van der Waals surface area contributed by atoms with Gasteiger partial charge in [0.2, 0.25) is 5.91 Å². The second kappa shape index (κ2) is 9.19. The molecule has 1 heterocycles. The monoisotopic (exact) mass is 460 g/mol. The van der Waals surface area contributed by atoms with Gasteiger partial charge in [0.1, 0.15) is 17.3 Å². The first-order valence-corrected chi connectivity index (χ1v) is 10.4. The summed E-state index contributed by atoms with van der Waals surface area (Å²) in [4.78, 5) is 39.0. The molecule has 0 saturated carbocycles. The third-order valence-corrected chi connectivity index (χ3v) is 5.44. The van der Waals surface area contributed by atoms with E-state index in [-0.39, 0.29) is 22.8 Å². The molecule has 34 heavy (non-hydrogen) atoms. The average molecular weight is 460 g/mol. The van der Waals surface area contributed by atoms with Crippen LogP contribution in [0.5, 0.6) is 5.75 Å². The van der Waals surface area contributed by atoms with Gasteiger partial charge in [0.15, 0.2) is 0 Å². The lowest BCUT2D eigenvalue weighted by molar-refractivity contribution is -0.132. The van der Waals surface area contributed by atoms with Crippen molar-refractivity contribution in [2.24, 2.45) is 0 Å². The summed E-state index contributed by atoms with van der Waals surface area (Å²) in [5.41, 5.74) is 1.25. The fourth-order valence-corrected chi connectivity index (χ4v) is 3.97. The van der Waals surface area contributed by atoms with E-state index < -0.39 is 29.3 Å². The molecular formula is C26H21FN2O5. The van der Waals surface area contributed by atoms with Crippen LogP contribution < -0.4 is 15.0 Å². The molecule has 0 spiro atoms. The Bertz CT molecular complexity index is 1300. The third kappa shape index (κ3) is 4.13. The van der Waals surface area contributed by atoms with Crippen LogP contribution in [0, 0.1) is 5.82 Å². The van der Waals surface area contributed by atoms with Crippen molar-refractivity contribution < 1.29 is 28.6 Å². The fourth-order valence-electron chi connectivity index (χ4n) is 3.97. The number of anilines is 2. The van der Waals surface area contributed by atoms with Gasteiger partial charge in [-0.25, -0.2) is 4.39 Å². The summed E-state index contributed by atoms with van der Waals surface area (Å²) < 4.78 is 19.2. The zero-order valence-electron chi connectivity index (χ0n) is 18.4. The van der Waals surface area contributed by atoms with Crippen LogP contribution in [0.1, 0.15) is 24.1 Å². The van der Waals surface area contributed by atoms with Gasteiger partial charge < -0.3 is 15.2 Å². The van der Waals surface area contributed by atoms with E-state index in [4.69, 9.17) is 4.74 Å². The molecule has 0 radical (unpaired) electrons. The average Bonchev–Trinajstić information content (AvgIpc) is 3.10. The van der Waals surface area contributed by atoms with Crippen LogP contribution in [0.15, 0.2) is 78.4 Å². The molecule has 4 rings (SSSR count). The van der Waals surface area contributed by atoms with E-state index in [2.05, 4.69) is 5.32 Å². The normalized spacial score (nSPS) is 17.0.